The van der Waals surface area contributed by atoms with E-state index in [-0.39, 0.29) is 11.8 Å². The fraction of sp³-hybridized carbons (Fsp3) is 0.400. The van der Waals surface area contributed by atoms with E-state index in [1.165, 1.54) is 11.3 Å². The summed E-state index contributed by atoms with van der Waals surface area (Å²) in [6, 6.07) is 1.45. The summed E-state index contributed by atoms with van der Waals surface area (Å²) >= 11 is 1.51. The molecule has 3 amide bonds. The van der Waals surface area contributed by atoms with Crippen LogP contribution in [-0.2, 0) is 10.3 Å². The average molecular weight is 224 g/mol. The van der Waals surface area contributed by atoms with Crippen molar-refractivity contribution < 1.29 is 9.59 Å². The van der Waals surface area contributed by atoms with Gasteiger partial charge in [-0.05, 0) is 28.3 Å². The van der Waals surface area contributed by atoms with E-state index in [9.17, 15) is 9.59 Å². The Kier molecular flexibility index (Phi) is 2.26. The molecule has 2 N–H and O–H groups in total. The third kappa shape index (κ3) is 1.34. The van der Waals surface area contributed by atoms with Crippen molar-refractivity contribution in [3.05, 3.63) is 22.4 Å². The molecule has 2 heterocycles. The molecule has 0 unspecified atom stereocenters. The van der Waals surface area contributed by atoms with Crippen molar-refractivity contribution in [2.75, 3.05) is 0 Å². The standard InChI is InChI=1S/C10H12N2O2S/c1-6(2)10(7-3-4-15-5-7)8(13)11-9(14)12-10/h3-6H,1-2H3,(H2,11,12,13,14)/t10-/m0/s1. The Labute approximate surface area is 91.7 Å². The maximum atomic E-state index is 11.9. The Hall–Kier alpha value is -1.36. The number of hydrogen-bond donors (Lipinski definition) is 2. The third-order valence-corrected chi connectivity index (χ3v) is 3.42. The van der Waals surface area contributed by atoms with Gasteiger partial charge in [-0.25, -0.2) is 4.79 Å². The second kappa shape index (κ2) is 3.34. The summed E-state index contributed by atoms with van der Waals surface area (Å²) in [6.45, 7) is 3.84. The fourth-order valence-corrected chi connectivity index (χ4v) is 2.62. The first-order valence-corrected chi connectivity index (χ1v) is 5.68. The second-order valence-electron chi connectivity index (χ2n) is 3.88. The molecule has 15 heavy (non-hydrogen) atoms. The van der Waals surface area contributed by atoms with Gasteiger partial charge in [0.05, 0.1) is 0 Å². The zero-order chi connectivity index (χ0) is 11.1. The van der Waals surface area contributed by atoms with E-state index >= 15 is 0 Å². The zero-order valence-electron chi connectivity index (χ0n) is 8.53. The van der Waals surface area contributed by atoms with E-state index in [0.717, 1.165) is 5.56 Å². The van der Waals surface area contributed by atoms with Gasteiger partial charge in [-0.2, -0.15) is 11.3 Å². The number of hydrogen-bond acceptors (Lipinski definition) is 3. The highest BCUT2D eigenvalue weighted by Crippen LogP contribution is 2.33. The number of thiophene rings is 1. The smallest absolute Gasteiger partial charge is 0.319 e. The van der Waals surface area contributed by atoms with Crippen molar-refractivity contribution in [3.63, 3.8) is 0 Å². The van der Waals surface area contributed by atoms with Crippen LogP contribution in [0.2, 0.25) is 0 Å². The van der Waals surface area contributed by atoms with Gasteiger partial charge in [0.2, 0.25) is 0 Å². The molecule has 1 aliphatic heterocycles. The Morgan fingerprint density at radius 2 is 2.13 bits per heavy atom. The van der Waals surface area contributed by atoms with Crippen LogP contribution in [0.4, 0.5) is 4.79 Å². The molecule has 0 bridgehead atoms. The molecule has 0 radical (unpaired) electrons. The van der Waals surface area contributed by atoms with E-state index in [1.54, 1.807) is 0 Å². The molecule has 1 atom stereocenters. The Morgan fingerprint density at radius 3 is 2.53 bits per heavy atom. The predicted molar refractivity (Wildman–Crippen MR) is 57.5 cm³/mol. The van der Waals surface area contributed by atoms with E-state index in [2.05, 4.69) is 10.6 Å². The lowest BCUT2D eigenvalue weighted by molar-refractivity contribution is -0.125. The van der Waals surface area contributed by atoms with Crippen molar-refractivity contribution in [1.82, 2.24) is 10.6 Å². The number of carbonyl (C=O) groups is 2. The number of rotatable bonds is 2. The molecule has 2 rings (SSSR count). The van der Waals surface area contributed by atoms with Crippen LogP contribution < -0.4 is 10.6 Å². The van der Waals surface area contributed by atoms with Crippen LogP contribution in [0.1, 0.15) is 19.4 Å². The molecular weight excluding hydrogens is 212 g/mol. The van der Waals surface area contributed by atoms with Crippen LogP contribution in [0.3, 0.4) is 0 Å². The lowest BCUT2D eigenvalue weighted by Crippen LogP contribution is -2.48. The van der Waals surface area contributed by atoms with Crippen LogP contribution in [0.15, 0.2) is 16.8 Å². The maximum Gasteiger partial charge on any atom is 0.322 e. The minimum absolute atomic E-state index is 0.0125. The van der Waals surface area contributed by atoms with Crippen molar-refractivity contribution in [2.24, 2.45) is 5.92 Å². The first kappa shape index (κ1) is 10.2. The molecule has 0 aromatic carbocycles. The number of carbonyl (C=O) groups excluding carboxylic acids is 2. The van der Waals surface area contributed by atoms with Crippen molar-refractivity contribution in [1.29, 1.82) is 0 Å². The predicted octanol–water partition coefficient (Wildman–Crippen LogP) is 1.44. The molecule has 0 saturated carbocycles. The first-order valence-electron chi connectivity index (χ1n) is 4.73. The van der Waals surface area contributed by atoms with Gasteiger partial charge in [-0.3, -0.25) is 10.1 Å². The number of amides is 3. The fourth-order valence-electron chi connectivity index (χ4n) is 1.90. The SMILES string of the molecule is CC(C)[C@@]1(c2ccsc2)NC(=O)NC1=O. The molecule has 1 aliphatic rings. The molecule has 1 saturated heterocycles. The molecule has 1 aromatic heterocycles. The molecule has 80 valence electrons. The van der Waals surface area contributed by atoms with Gasteiger partial charge in [0, 0.05) is 0 Å². The summed E-state index contributed by atoms with van der Waals surface area (Å²) in [5, 5.41) is 8.81. The maximum absolute atomic E-state index is 11.9. The summed E-state index contributed by atoms with van der Waals surface area (Å²) in [4.78, 5) is 23.1. The molecule has 0 spiro atoms. The largest absolute Gasteiger partial charge is 0.322 e. The third-order valence-electron chi connectivity index (χ3n) is 2.74. The van der Waals surface area contributed by atoms with Crippen molar-refractivity contribution in [3.8, 4) is 0 Å². The number of urea groups is 1. The quantitative estimate of drug-likeness (QED) is 0.747. The number of imide groups is 1. The van der Waals surface area contributed by atoms with E-state index in [4.69, 9.17) is 0 Å². The van der Waals surface area contributed by atoms with Crippen LogP contribution in [0.25, 0.3) is 0 Å². The van der Waals surface area contributed by atoms with Gasteiger partial charge in [0.25, 0.3) is 5.91 Å². The van der Waals surface area contributed by atoms with E-state index in [1.807, 2.05) is 30.7 Å². The Morgan fingerprint density at radius 1 is 1.40 bits per heavy atom. The summed E-state index contributed by atoms with van der Waals surface area (Å²) in [6.07, 6.45) is 0. The van der Waals surface area contributed by atoms with E-state index in [0.29, 0.717) is 0 Å². The normalized spacial score (nSPS) is 25.5. The summed E-state index contributed by atoms with van der Waals surface area (Å²) in [5.74, 6) is -0.251. The monoisotopic (exact) mass is 224 g/mol. The van der Waals surface area contributed by atoms with Crippen LogP contribution >= 0.6 is 11.3 Å². The van der Waals surface area contributed by atoms with Gasteiger partial charge >= 0.3 is 6.03 Å². The average Bonchev–Trinajstić information content (AvgIpc) is 2.72. The second-order valence-corrected chi connectivity index (χ2v) is 4.66. The topological polar surface area (TPSA) is 58.2 Å². The molecule has 1 fully saturated rings. The van der Waals surface area contributed by atoms with Gasteiger partial charge in [-0.1, -0.05) is 13.8 Å². The molecule has 1 aromatic rings. The van der Waals surface area contributed by atoms with Gasteiger partial charge < -0.3 is 5.32 Å². The zero-order valence-corrected chi connectivity index (χ0v) is 9.35. The molecule has 5 heteroatoms. The highest BCUT2D eigenvalue weighted by Gasteiger charge is 2.50. The molecule has 4 nitrogen and oxygen atoms in total. The minimum atomic E-state index is -0.892. The van der Waals surface area contributed by atoms with E-state index < -0.39 is 11.6 Å². The summed E-state index contributed by atoms with van der Waals surface area (Å²) in [5.41, 5.74) is -0.0391. The minimum Gasteiger partial charge on any atom is -0.319 e. The van der Waals surface area contributed by atoms with Crippen molar-refractivity contribution >= 4 is 23.3 Å². The Bertz CT molecular complexity index is 400. The molecular formula is C10H12N2O2S. The lowest BCUT2D eigenvalue weighted by Gasteiger charge is -2.29. The van der Waals surface area contributed by atoms with Gasteiger partial charge in [-0.15, -0.1) is 0 Å². The number of nitrogens with one attached hydrogen (secondary N) is 2. The van der Waals surface area contributed by atoms with Crippen molar-refractivity contribution in [2.45, 2.75) is 19.4 Å². The van der Waals surface area contributed by atoms with Gasteiger partial charge in [0.15, 0.2) is 0 Å². The van der Waals surface area contributed by atoms with Crippen LogP contribution in [0, 0.1) is 5.92 Å². The highest BCUT2D eigenvalue weighted by molar-refractivity contribution is 7.08. The highest BCUT2D eigenvalue weighted by atomic mass is 32.1. The lowest BCUT2D eigenvalue weighted by atomic mass is 9.81. The summed E-state index contributed by atoms with van der Waals surface area (Å²) < 4.78 is 0. The summed E-state index contributed by atoms with van der Waals surface area (Å²) in [7, 11) is 0. The first-order chi connectivity index (χ1) is 7.07. The van der Waals surface area contributed by atoms with Crippen LogP contribution in [0.5, 0.6) is 0 Å². The Balaban J connectivity index is 2.51. The molecule has 0 aliphatic carbocycles. The van der Waals surface area contributed by atoms with Gasteiger partial charge in [0.1, 0.15) is 5.54 Å². The van der Waals surface area contributed by atoms with Crippen LogP contribution in [-0.4, -0.2) is 11.9 Å².